The summed E-state index contributed by atoms with van der Waals surface area (Å²) in [5.74, 6) is -0.0571. The van der Waals surface area contributed by atoms with Crippen LogP contribution in [-0.4, -0.2) is 20.1 Å². The van der Waals surface area contributed by atoms with Gasteiger partial charge in [0.15, 0.2) is 5.78 Å². The lowest BCUT2D eigenvalue weighted by Crippen LogP contribution is -2.17. The average Bonchev–Trinajstić information content (AvgIpc) is 2.73. The Balaban J connectivity index is 2.03. The van der Waals surface area contributed by atoms with E-state index in [1.165, 1.54) is 25.1 Å². The number of primary sulfonamides is 1. The maximum Gasteiger partial charge on any atom is 0.259 e. The van der Waals surface area contributed by atoms with Gasteiger partial charge in [-0.2, -0.15) is 0 Å². The van der Waals surface area contributed by atoms with Crippen molar-refractivity contribution in [3.63, 3.8) is 0 Å². The summed E-state index contributed by atoms with van der Waals surface area (Å²) in [4.78, 5) is 25.0. The molecule has 3 aromatic rings. The Morgan fingerprint density at radius 2 is 1.58 bits per heavy atom. The summed E-state index contributed by atoms with van der Waals surface area (Å²) in [6, 6.07) is 17.7. The first kappa shape index (κ1) is 24.2. The number of nitrogens with two attached hydrogens (primary N) is 1. The zero-order valence-corrected chi connectivity index (χ0v) is 19.7. The van der Waals surface area contributed by atoms with Crippen LogP contribution in [0.4, 0.5) is 5.69 Å². The van der Waals surface area contributed by atoms with Crippen LogP contribution in [0.15, 0.2) is 71.6 Å². The van der Waals surface area contributed by atoms with E-state index in [0.29, 0.717) is 11.3 Å². The molecule has 0 radical (unpaired) electrons. The molecule has 3 rings (SSSR count). The van der Waals surface area contributed by atoms with Crippen LogP contribution in [0.5, 0.6) is 11.5 Å². The van der Waals surface area contributed by atoms with E-state index in [1.54, 1.807) is 42.5 Å². The van der Waals surface area contributed by atoms with Crippen LogP contribution in [-0.2, 0) is 15.4 Å². The van der Waals surface area contributed by atoms with Crippen molar-refractivity contribution in [1.29, 1.82) is 0 Å². The molecule has 0 saturated heterocycles. The van der Waals surface area contributed by atoms with Crippen LogP contribution in [0.25, 0.3) is 0 Å². The van der Waals surface area contributed by atoms with Gasteiger partial charge in [-0.1, -0.05) is 45.0 Å². The van der Waals surface area contributed by atoms with E-state index < -0.39 is 15.9 Å². The number of sulfonamides is 1. The Hall–Kier alpha value is -3.49. The molecule has 0 saturated carbocycles. The van der Waals surface area contributed by atoms with Gasteiger partial charge in [-0.15, -0.1) is 0 Å². The smallest absolute Gasteiger partial charge is 0.259 e. The van der Waals surface area contributed by atoms with E-state index in [1.807, 2.05) is 26.8 Å². The van der Waals surface area contributed by atoms with Crippen molar-refractivity contribution in [3.05, 3.63) is 83.4 Å². The molecule has 0 atom stereocenters. The van der Waals surface area contributed by atoms with E-state index in [9.17, 15) is 18.0 Å². The van der Waals surface area contributed by atoms with E-state index >= 15 is 0 Å². The molecule has 0 bridgehead atoms. The van der Waals surface area contributed by atoms with Crippen LogP contribution in [0.3, 0.4) is 0 Å². The maximum absolute atomic E-state index is 13.1. The van der Waals surface area contributed by atoms with E-state index in [-0.39, 0.29) is 33.1 Å². The summed E-state index contributed by atoms with van der Waals surface area (Å²) in [6.07, 6.45) is 0. The van der Waals surface area contributed by atoms with Crippen LogP contribution < -0.4 is 15.2 Å². The van der Waals surface area contributed by atoms with Gasteiger partial charge in [0.2, 0.25) is 10.0 Å². The predicted molar refractivity (Wildman–Crippen MR) is 127 cm³/mol. The molecule has 0 aliphatic rings. The second-order valence-electron chi connectivity index (χ2n) is 8.64. The number of para-hydroxylation sites is 1. The van der Waals surface area contributed by atoms with Crippen LogP contribution in [0.2, 0.25) is 0 Å². The molecule has 3 N–H and O–H groups in total. The fourth-order valence-corrected chi connectivity index (χ4v) is 3.73. The largest absolute Gasteiger partial charge is 0.456 e. The number of benzene rings is 3. The highest BCUT2D eigenvalue weighted by molar-refractivity contribution is 7.89. The van der Waals surface area contributed by atoms with Gasteiger partial charge in [-0.3, -0.25) is 9.59 Å². The van der Waals surface area contributed by atoms with Crippen molar-refractivity contribution in [2.24, 2.45) is 5.14 Å². The van der Waals surface area contributed by atoms with Crippen LogP contribution in [0.1, 0.15) is 54.0 Å². The van der Waals surface area contributed by atoms with Crippen molar-refractivity contribution < 1.29 is 22.7 Å². The number of hydrogen-bond donors (Lipinski definition) is 2. The molecular weight excluding hydrogens is 440 g/mol. The first-order valence-electron chi connectivity index (χ1n) is 10.2. The molecule has 33 heavy (non-hydrogen) atoms. The summed E-state index contributed by atoms with van der Waals surface area (Å²) < 4.78 is 29.3. The van der Waals surface area contributed by atoms with Gasteiger partial charge >= 0.3 is 0 Å². The SMILES string of the molecule is CC(=O)c1ccccc1Oc1cc(C(C)(C)C)ccc1C(=O)Nc1cccc(S(N)(=O)=O)c1. The molecule has 0 spiro atoms. The molecule has 0 aliphatic heterocycles. The van der Waals surface area contributed by atoms with Gasteiger partial charge in [0.1, 0.15) is 11.5 Å². The second-order valence-corrected chi connectivity index (χ2v) is 10.2. The molecule has 7 nitrogen and oxygen atoms in total. The number of amides is 1. The normalized spacial score (nSPS) is 11.7. The van der Waals surface area contributed by atoms with Crippen LogP contribution in [0, 0.1) is 0 Å². The predicted octanol–water partition coefficient (Wildman–Crippen LogP) is 4.88. The molecule has 0 fully saturated rings. The van der Waals surface area contributed by atoms with Crippen LogP contribution >= 0.6 is 0 Å². The number of carbonyl (C=O) groups is 2. The average molecular weight is 467 g/mol. The number of hydrogen-bond acceptors (Lipinski definition) is 5. The Morgan fingerprint density at radius 3 is 2.21 bits per heavy atom. The Morgan fingerprint density at radius 1 is 0.879 bits per heavy atom. The second kappa shape index (κ2) is 9.17. The Kier molecular flexibility index (Phi) is 6.71. The van der Waals surface area contributed by atoms with Gasteiger partial charge in [-0.05, 0) is 60.4 Å². The lowest BCUT2D eigenvalue weighted by atomic mass is 9.86. The highest BCUT2D eigenvalue weighted by Gasteiger charge is 2.21. The van der Waals surface area contributed by atoms with Gasteiger partial charge in [0.05, 0.1) is 16.0 Å². The van der Waals surface area contributed by atoms with E-state index in [0.717, 1.165) is 5.56 Å². The molecule has 0 heterocycles. The number of ketones is 1. The number of rotatable bonds is 6. The minimum absolute atomic E-state index is 0.116. The third-order valence-corrected chi connectivity index (χ3v) is 5.91. The maximum atomic E-state index is 13.1. The molecule has 8 heteroatoms. The third-order valence-electron chi connectivity index (χ3n) is 5.00. The minimum Gasteiger partial charge on any atom is -0.456 e. The van der Waals surface area contributed by atoms with E-state index in [2.05, 4.69) is 5.32 Å². The van der Waals surface area contributed by atoms with Crippen molar-refractivity contribution >= 4 is 27.4 Å². The lowest BCUT2D eigenvalue weighted by molar-refractivity contribution is 0.101. The Labute approximate surface area is 193 Å². The van der Waals surface area contributed by atoms with Crippen molar-refractivity contribution in [3.8, 4) is 11.5 Å². The number of ether oxygens (including phenoxy) is 1. The van der Waals surface area contributed by atoms with Gasteiger partial charge in [0.25, 0.3) is 5.91 Å². The summed E-state index contributed by atoms with van der Waals surface area (Å²) in [5.41, 5.74) is 1.61. The number of carbonyl (C=O) groups excluding carboxylic acids is 2. The molecular formula is C25H26N2O5S. The topological polar surface area (TPSA) is 116 Å². The zero-order chi connectivity index (χ0) is 24.4. The molecule has 172 valence electrons. The molecule has 0 aromatic heterocycles. The number of nitrogens with one attached hydrogen (secondary N) is 1. The fraction of sp³-hybridized carbons (Fsp3) is 0.200. The van der Waals surface area contributed by atoms with Gasteiger partial charge in [0, 0.05) is 5.69 Å². The summed E-state index contributed by atoms with van der Waals surface area (Å²) >= 11 is 0. The van der Waals surface area contributed by atoms with Crippen molar-refractivity contribution in [1.82, 2.24) is 0 Å². The summed E-state index contributed by atoms with van der Waals surface area (Å²) in [5, 5.41) is 7.87. The van der Waals surface area contributed by atoms with Crippen molar-refractivity contribution in [2.45, 2.75) is 38.0 Å². The molecule has 0 unspecified atom stereocenters. The number of Topliss-reactive ketones (excluding diaryl/α,β-unsaturated/α-hetero) is 1. The summed E-state index contributed by atoms with van der Waals surface area (Å²) in [6.45, 7) is 7.55. The van der Waals surface area contributed by atoms with Crippen molar-refractivity contribution in [2.75, 3.05) is 5.32 Å². The molecule has 3 aromatic carbocycles. The van der Waals surface area contributed by atoms with E-state index in [4.69, 9.17) is 9.88 Å². The highest BCUT2D eigenvalue weighted by atomic mass is 32.2. The lowest BCUT2D eigenvalue weighted by Gasteiger charge is -2.21. The first-order chi connectivity index (χ1) is 15.4. The third kappa shape index (κ3) is 5.85. The summed E-state index contributed by atoms with van der Waals surface area (Å²) in [7, 11) is -3.92. The molecule has 0 aliphatic carbocycles. The zero-order valence-electron chi connectivity index (χ0n) is 18.9. The number of anilines is 1. The fourth-order valence-electron chi connectivity index (χ4n) is 3.18. The minimum atomic E-state index is -3.92. The van der Waals surface area contributed by atoms with Gasteiger partial charge < -0.3 is 10.1 Å². The molecule has 1 amide bonds. The monoisotopic (exact) mass is 466 g/mol. The van der Waals surface area contributed by atoms with Gasteiger partial charge in [-0.25, -0.2) is 13.6 Å². The standard InChI is InChI=1S/C25H26N2O5S/c1-16(28)20-10-5-6-11-22(20)32-23-14-17(25(2,3)4)12-13-21(23)24(29)27-18-8-7-9-19(15-18)33(26,30)31/h5-15H,1-4H3,(H,27,29)(H2,26,30,31). The highest BCUT2D eigenvalue weighted by Crippen LogP contribution is 2.33. The Bertz CT molecular complexity index is 1320. The first-order valence-corrected chi connectivity index (χ1v) is 11.8. The quantitative estimate of drug-likeness (QED) is 0.503.